The van der Waals surface area contributed by atoms with Crippen LogP contribution in [0.3, 0.4) is 0 Å². The van der Waals surface area contributed by atoms with Gasteiger partial charge in [-0.15, -0.1) is 0 Å². The van der Waals surface area contributed by atoms with E-state index in [-0.39, 0.29) is 23.5 Å². The maximum absolute atomic E-state index is 12.6. The van der Waals surface area contributed by atoms with Crippen molar-refractivity contribution >= 4 is 5.91 Å². The van der Waals surface area contributed by atoms with E-state index in [9.17, 15) is 9.90 Å². The summed E-state index contributed by atoms with van der Waals surface area (Å²) < 4.78 is 10.9. The number of methoxy groups -OCH3 is 1. The van der Waals surface area contributed by atoms with Gasteiger partial charge >= 0.3 is 0 Å². The molecule has 0 aromatic rings. The summed E-state index contributed by atoms with van der Waals surface area (Å²) in [7, 11) is 1.64. The number of carbonyl (C=O) groups excluding carboxylic acids is 1. The van der Waals surface area contributed by atoms with Gasteiger partial charge in [-0.3, -0.25) is 4.79 Å². The molecule has 19 heavy (non-hydrogen) atoms. The Morgan fingerprint density at radius 1 is 1.42 bits per heavy atom. The number of likely N-dealkylation sites (tertiary alicyclic amines) is 1. The Labute approximate surface area is 114 Å². The van der Waals surface area contributed by atoms with E-state index in [2.05, 4.69) is 0 Å². The standard InChI is InChI=1S/C14H25NO4/c1-10(2)19-12-8-15(7-11(12)16)13(17)14(9-18-3)5-4-6-14/h10-12,16H,4-9H2,1-3H3/t11-,12-/m0/s1. The maximum Gasteiger partial charge on any atom is 0.231 e. The zero-order valence-corrected chi connectivity index (χ0v) is 12.1. The highest BCUT2D eigenvalue weighted by Gasteiger charge is 2.49. The van der Waals surface area contributed by atoms with Crippen LogP contribution < -0.4 is 0 Å². The molecule has 0 aromatic heterocycles. The van der Waals surface area contributed by atoms with E-state index in [0.29, 0.717) is 19.7 Å². The first-order chi connectivity index (χ1) is 8.98. The van der Waals surface area contributed by atoms with Gasteiger partial charge in [-0.05, 0) is 26.7 Å². The van der Waals surface area contributed by atoms with Gasteiger partial charge in [-0.1, -0.05) is 6.42 Å². The summed E-state index contributed by atoms with van der Waals surface area (Å²) in [4.78, 5) is 14.3. The van der Waals surface area contributed by atoms with Gasteiger partial charge in [0.25, 0.3) is 0 Å². The highest BCUT2D eigenvalue weighted by molar-refractivity contribution is 5.84. The lowest BCUT2D eigenvalue weighted by molar-refractivity contribution is -0.151. The molecule has 0 spiro atoms. The van der Waals surface area contributed by atoms with Crippen molar-refractivity contribution in [1.82, 2.24) is 4.90 Å². The molecule has 2 aliphatic rings. The minimum Gasteiger partial charge on any atom is -0.388 e. The zero-order chi connectivity index (χ0) is 14.0. The van der Waals surface area contributed by atoms with Crippen molar-refractivity contribution in [2.75, 3.05) is 26.8 Å². The van der Waals surface area contributed by atoms with E-state index in [0.717, 1.165) is 19.3 Å². The van der Waals surface area contributed by atoms with Crippen LogP contribution in [0.2, 0.25) is 0 Å². The molecule has 1 saturated carbocycles. The Bertz CT molecular complexity index is 327. The number of hydrogen-bond acceptors (Lipinski definition) is 4. The van der Waals surface area contributed by atoms with Gasteiger partial charge < -0.3 is 19.5 Å². The Morgan fingerprint density at radius 2 is 2.11 bits per heavy atom. The van der Waals surface area contributed by atoms with Crippen molar-refractivity contribution in [2.24, 2.45) is 5.41 Å². The smallest absolute Gasteiger partial charge is 0.231 e. The van der Waals surface area contributed by atoms with Gasteiger partial charge in [0.15, 0.2) is 0 Å². The van der Waals surface area contributed by atoms with E-state index < -0.39 is 6.10 Å². The molecule has 110 valence electrons. The summed E-state index contributed by atoms with van der Waals surface area (Å²) >= 11 is 0. The van der Waals surface area contributed by atoms with Gasteiger partial charge in [0.1, 0.15) is 6.10 Å². The maximum atomic E-state index is 12.6. The molecule has 2 fully saturated rings. The van der Waals surface area contributed by atoms with Crippen molar-refractivity contribution in [3.05, 3.63) is 0 Å². The summed E-state index contributed by atoms with van der Waals surface area (Å²) in [5, 5.41) is 9.99. The van der Waals surface area contributed by atoms with Crippen LogP contribution in [0, 0.1) is 5.41 Å². The summed E-state index contributed by atoms with van der Waals surface area (Å²) in [6.45, 7) is 5.23. The van der Waals surface area contributed by atoms with Crippen molar-refractivity contribution in [3.63, 3.8) is 0 Å². The Hall–Kier alpha value is -0.650. The predicted molar refractivity (Wildman–Crippen MR) is 70.8 cm³/mol. The highest BCUT2D eigenvalue weighted by atomic mass is 16.5. The first-order valence-electron chi connectivity index (χ1n) is 7.10. The van der Waals surface area contributed by atoms with Crippen LogP contribution >= 0.6 is 0 Å². The number of ether oxygens (including phenoxy) is 2. The topological polar surface area (TPSA) is 59.0 Å². The van der Waals surface area contributed by atoms with Crippen LogP contribution in [-0.2, 0) is 14.3 Å². The molecule has 0 aromatic carbocycles. The largest absolute Gasteiger partial charge is 0.388 e. The first-order valence-corrected chi connectivity index (χ1v) is 7.10. The average molecular weight is 271 g/mol. The van der Waals surface area contributed by atoms with Gasteiger partial charge in [0, 0.05) is 20.2 Å². The lowest BCUT2D eigenvalue weighted by Gasteiger charge is -2.42. The van der Waals surface area contributed by atoms with Crippen LogP contribution in [-0.4, -0.2) is 61.0 Å². The number of β-amino-alcohol motifs (C(OH)–C–C–N with tert-alkyl or cyclic N) is 1. The molecule has 5 nitrogen and oxygen atoms in total. The van der Waals surface area contributed by atoms with Crippen molar-refractivity contribution in [1.29, 1.82) is 0 Å². The van der Waals surface area contributed by atoms with E-state index >= 15 is 0 Å². The lowest BCUT2D eigenvalue weighted by Crippen LogP contribution is -2.50. The van der Waals surface area contributed by atoms with Crippen LogP contribution in [0.5, 0.6) is 0 Å². The van der Waals surface area contributed by atoms with Gasteiger partial charge in [0.2, 0.25) is 5.91 Å². The van der Waals surface area contributed by atoms with Crippen LogP contribution in [0.4, 0.5) is 0 Å². The molecular weight excluding hydrogens is 246 g/mol. The second-order valence-corrected chi connectivity index (χ2v) is 6.07. The second kappa shape index (κ2) is 5.77. The van der Waals surface area contributed by atoms with Crippen molar-refractivity contribution in [2.45, 2.75) is 51.4 Å². The van der Waals surface area contributed by atoms with Crippen LogP contribution in [0.15, 0.2) is 0 Å². The lowest BCUT2D eigenvalue weighted by atomic mass is 9.68. The van der Waals surface area contributed by atoms with Crippen LogP contribution in [0.1, 0.15) is 33.1 Å². The molecule has 5 heteroatoms. The quantitative estimate of drug-likeness (QED) is 0.803. The molecule has 2 atom stereocenters. The fourth-order valence-electron chi connectivity index (χ4n) is 3.04. The summed E-state index contributed by atoms with van der Waals surface area (Å²) in [6, 6.07) is 0. The van der Waals surface area contributed by atoms with Gasteiger partial charge in [0.05, 0.1) is 24.2 Å². The third kappa shape index (κ3) is 2.93. The number of nitrogens with zero attached hydrogens (tertiary/aromatic N) is 1. The number of hydrogen-bond donors (Lipinski definition) is 1. The average Bonchev–Trinajstić information content (AvgIpc) is 2.64. The van der Waals surface area contributed by atoms with E-state index in [1.54, 1.807) is 12.0 Å². The third-order valence-electron chi connectivity index (χ3n) is 4.16. The molecule has 1 N–H and O–H groups in total. The molecule has 0 bridgehead atoms. The minimum absolute atomic E-state index is 0.0614. The summed E-state index contributed by atoms with van der Waals surface area (Å²) in [5.74, 6) is 0.120. The molecular formula is C14H25NO4. The molecule has 2 rings (SSSR count). The van der Waals surface area contributed by atoms with E-state index in [1.165, 1.54) is 0 Å². The normalized spacial score (nSPS) is 29.6. The first kappa shape index (κ1) is 14.8. The number of aliphatic hydroxyl groups is 1. The molecule has 1 amide bonds. The summed E-state index contributed by atoms with van der Waals surface area (Å²) in [5.41, 5.74) is -0.346. The van der Waals surface area contributed by atoms with Crippen LogP contribution in [0.25, 0.3) is 0 Å². The van der Waals surface area contributed by atoms with Gasteiger partial charge in [-0.2, -0.15) is 0 Å². The number of carbonyl (C=O) groups is 1. The molecule has 1 saturated heterocycles. The van der Waals surface area contributed by atoms with E-state index in [1.807, 2.05) is 13.8 Å². The Balaban J connectivity index is 1.97. The van der Waals surface area contributed by atoms with Crippen molar-refractivity contribution in [3.8, 4) is 0 Å². The molecule has 1 aliphatic carbocycles. The Morgan fingerprint density at radius 3 is 2.58 bits per heavy atom. The molecule has 0 radical (unpaired) electrons. The number of aliphatic hydroxyl groups excluding tert-OH is 1. The highest BCUT2D eigenvalue weighted by Crippen LogP contribution is 2.43. The fraction of sp³-hybridized carbons (Fsp3) is 0.929. The number of rotatable bonds is 5. The van der Waals surface area contributed by atoms with E-state index in [4.69, 9.17) is 9.47 Å². The number of amides is 1. The predicted octanol–water partition coefficient (Wildman–Crippen LogP) is 0.800. The Kier molecular flexibility index (Phi) is 4.48. The summed E-state index contributed by atoms with van der Waals surface area (Å²) in [6.07, 6.45) is 2.09. The molecule has 0 unspecified atom stereocenters. The SMILES string of the molecule is COCC1(C(=O)N2C[C@H](OC(C)C)[C@@H](O)C2)CCC1. The minimum atomic E-state index is -0.578. The monoisotopic (exact) mass is 271 g/mol. The van der Waals surface area contributed by atoms with Gasteiger partial charge in [-0.25, -0.2) is 0 Å². The molecule has 1 heterocycles. The molecule has 1 aliphatic heterocycles. The van der Waals surface area contributed by atoms with Crippen molar-refractivity contribution < 1.29 is 19.4 Å². The third-order valence-corrected chi connectivity index (χ3v) is 4.16. The zero-order valence-electron chi connectivity index (χ0n) is 12.1. The second-order valence-electron chi connectivity index (χ2n) is 6.07. The fourth-order valence-corrected chi connectivity index (χ4v) is 3.04.